The van der Waals surface area contributed by atoms with Crippen molar-refractivity contribution < 1.29 is 23.8 Å². The van der Waals surface area contributed by atoms with Crippen LogP contribution in [0.15, 0.2) is 42.7 Å². The number of carbonyl (C=O) groups is 1. The van der Waals surface area contributed by atoms with E-state index in [-0.39, 0.29) is 23.7 Å². The molecular formula is C22H22FN3O4. The van der Waals surface area contributed by atoms with Crippen LogP contribution < -0.4 is 9.64 Å². The monoisotopic (exact) mass is 411 g/mol. The van der Waals surface area contributed by atoms with Gasteiger partial charge in [0, 0.05) is 24.7 Å². The second-order valence-corrected chi connectivity index (χ2v) is 7.70. The van der Waals surface area contributed by atoms with E-state index in [1.54, 1.807) is 28.8 Å². The summed E-state index contributed by atoms with van der Waals surface area (Å²) in [5, 5.41) is 9.42. The van der Waals surface area contributed by atoms with Crippen LogP contribution in [0.5, 0.6) is 5.75 Å². The Kier molecular flexibility index (Phi) is 4.78. The third-order valence-corrected chi connectivity index (χ3v) is 5.81. The molecule has 156 valence electrons. The minimum absolute atomic E-state index is 0.0236. The molecule has 0 spiro atoms. The number of hydrogen-bond acceptors (Lipinski definition) is 5. The van der Waals surface area contributed by atoms with E-state index in [4.69, 9.17) is 9.47 Å². The zero-order valence-electron chi connectivity index (χ0n) is 16.3. The van der Waals surface area contributed by atoms with Crippen LogP contribution >= 0.6 is 0 Å². The predicted molar refractivity (Wildman–Crippen MR) is 108 cm³/mol. The van der Waals surface area contributed by atoms with Crippen LogP contribution in [0.4, 0.5) is 10.1 Å². The smallest absolute Gasteiger partial charge is 0.354 e. The van der Waals surface area contributed by atoms with E-state index in [1.165, 1.54) is 12.3 Å². The summed E-state index contributed by atoms with van der Waals surface area (Å²) < 4.78 is 27.3. The number of halogens is 1. The summed E-state index contributed by atoms with van der Waals surface area (Å²) in [5.74, 6) is -0.652. The highest BCUT2D eigenvalue weighted by Crippen LogP contribution is 2.41. The molecule has 2 atom stereocenters. The Morgan fingerprint density at radius 1 is 1.27 bits per heavy atom. The van der Waals surface area contributed by atoms with Crippen LogP contribution in [0.1, 0.15) is 41.4 Å². The van der Waals surface area contributed by atoms with Crippen LogP contribution in [0.3, 0.4) is 0 Å². The molecule has 0 aliphatic carbocycles. The molecule has 0 bridgehead atoms. The van der Waals surface area contributed by atoms with E-state index < -0.39 is 5.97 Å². The number of hydrogen-bond donors (Lipinski definition) is 1. The molecule has 1 N–H and O–H groups in total. The summed E-state index contributed by atoms with van der Waals surface area (Å²) in [6.07, 6.45) is 5.74. The van der Waals surface area contributed by atoms with E-state index in [9.17, 15) is 14.3 Å². The second-order valence-electron chi connectivity index (χ2n) is 7.70. The molecule has 1 aromatic carbocycles. The fraction of sp³-hybridized carbons (Fsp3) is 0.364. The third-order valence-electron chi connectivity index (χ3n) is 5.81. The summed E-state index contributed by atoms with van der Waals surface area (Å²) in [5.41, 5.74) is 2.36. The second kappa shape index (κ2) is 7.60. The van der Waals surface area contributed by atoms with Crippen molar-refractivity contribution in [2.45, 2.75) is 31.4 Å². The highest BCUT2D eigenvalue weighted by molar-refractivity contribution is 5.86. The van der Waals surface area contributed by atoms with Crippen LogP contribution in [0.25, 0.3) is 5.65 Å². The van der Waals surface area contributed by atoms with Crippen molar-refractivity contribution in [2.24, 2.45) is 0 Å². The lowest BCUT2D eigenvalue weighted by Gasteiger charge is -2.29. The van der Waals surface area contributed by atoms with E-state index in [0.717, 1.165) is 37.1 Å². The van der Waals surface area contributed by atoms with Gasteiger partial charge in [0.25, 0.3) is 0 Å². The summed E-state index contributed by atoms with van der Waals surface area (Å²) in [6, 6.07) is 8.33. The first-order chi connectivity index (χ1) is 14.6. The number of pyridine rings is 1. The summed E-state index contributed by atoms with van der Waals surface area (Å²) in [6.45, 7) is 2.00. The van der Waals surface area contributed by atoms with Crippen LogP contribution in [-0.4, -0.2) is 46.3 Å². The first-order valence-corrected chi connectivity index (χ1v) is 10.1. The Morgan fingerprint density at radius 3 is 2.97 bits per heavy atom. The van der Waals surface area contributed by atoms with Crippen LogP contribution in [-0.2, 0) is 4.74 Å². The third kappa shape index (κ3) is 3.37. The highest BCUT2D eigenvalue weighted by atomic mass is 19.1. The molecule has 3 aromatic rings. The number of ether oxygens (including phenoxy) is 2. The zero-order valence-corrected chi connectivity index (χ0v) is 16.3. The number of benzene rings is 1. The maximum atomic E-state index is 14.2. The lowest BCUT2D eigenvalue weighted by Crippen LogP contribution is -2.25. The first-order valence-electron chi connectivity index (χ1n) is 10.1. The summed E-state index contributed by atoms with van der Waals surface area (Å²) in [4.78, 5) is 17.8. The average molecular weight is 411 g/mol. The van der Waals surface area contributed by atoms with Gasteiger partial charge < -0.3 is 19.5 Å². The number of nitrogens with zero attached hydrogens (tertiary/aromatic N) is 3. The van der Waals surface area contributed by atoms with Crippen molar-refractivity contribution in [3.63, 3.8) is 0 Å². The normalized spacial score (nSPS) is 21.4. The number of rotatable bonds is 5. The molecule has 0 amide bonds. The highest BCUT2D eigenvalue weighted by Gasteiger charge is 2.31. The molecule has 2 fully saturated rings. The number of anilines is 1. The van der Waals surface area contributed by atoms with Gasteiger partial charge in [0.1, 0.15) is 23.3 Å². The van der Waals surface area contributed by atoms with Gasteiger partial charge in [0.2, 0.25) is 0 Å². The number of aromatic nitrogens is 2. The molecule has 2 aromatic heterocycles. The number of imidazole rings is 1. The van der Waals surface area contributed by atoms with E-state index >= 15 is 0 Å². The largest absolute Gasteiger partial charge is 0.488 e. The molecule has 7 nitrogen and oxygen atoms in total. The number of carboxylic acids is 1. The van der Waals surface area contributed by atoms with Gasteiger partial charge in [0.15, 0.2) is 5.69 Å². The molecule has 4 heterocycles. The van der Waals surface area contributed by atoms with Gasteiger partial charge >= 0.3 is 5.97 Å². The van der Waals surface area contributed by atoms with Gasteiger partial charge in [-0.1, -0.05) is 0 Å². The van der Waals surface area contributed by atoms with Crippen molar-refractivity contribution in [3.05, 3.63) is 59.8 Å². The number of carboxylic acid groups (broad SMARTS) is 1. The Labute approximate surface area is 172 Å². The van der Waals surface area contributed by atoms with Crippen molar-refractivity contribution in [2.75, 3.05) is 24.7 Å². The van der Waals surface area contributed by atoms with E-state index in [0.29, 0.717) is 24.6 Å². The molecule has 2 aliphatic rings. The fourth-order valence-corrected chi connectivity index (χ4v) is 4.37. The molecule has 5 rings (SSSR count). The fourth-order valence-electron chi connectivity index (χ4n) is 4.37. The molecule has 0 radical (unpaired) electrons. The van der Waals surface area contributed by atoms with Gasteiger partial charge in [-0.25, -0.2) is 14.2 Å². The minimum atomic E-state index is -1.03. The molecule has 30 heavy (non-hydrogen) atoms. The average Bonchev–Trinajstić information content (AvgIpc) is 3.49. The van der Waals surface area contributed by atoms with Crippen molar-refractivity contribution >= 4 is 17.3 Å². The maximum Gasteiger partial charge on any atom is 0.354 e. The van der Waals surface area contributed by atoms with Gasteiger partial charge in [-0.3, -0.25) is 4.40 Å². The van der Waals surface area contributed by atoms with Crippen LogP contribution in [0, 0.1) is 5.82 Å². The molecule has 2 saturated heterocycles. The SMILES string of the molecule is O=C(O)c1cnc2ccc(N3CCCC3c3cc(F)ccc3O[C@@H]3CCOC3)cn12. The summed E-state index contributed by atoms with van der Waals surface area (Å²) >= 11 is 0. The minimum Gasteiger partial charge on any atom is -0.488 e. The number of aromatic carboxylic acids is 1. The Balaban J connectivity index is 1.51. The summed E-state index contributed by atoms with van der Waals surface area (Å²) in [7, 11) is 0. The van der Waals surface area contributed by atoms with Gasteiger partial charge in [-0.05, 0) is 43.2 Å². The van der Waals surface area contributed by atoms with Gasteiger partial charge in [0.05, 0.1) is 31.1 Å². The van der Waals surface area contributed by atoms with Crippen molar-refractivity contribution in [1.82, 2.24) is 9.38 Å². The van der Waals surface area contributed by atoms with Crippen molar-refractivity contribution in [1.29, 1.82) is 0 Å². The first kappa shape index (κ1) is 18.9. The maximum absolute atomic E-state index is 14.2. The van der Waals surface area contributed by atoms with E-state index in [2.05, 4.69) is 9.88 Å². The van der Waals surface area contributed by atoms with E-state index in [1.807, 2.05) is 6.07 Å². The molecular weight excluding hydrogens is 389 g/mol. The lowest BCUT2D eigenvalue weighted by molar-refractivity contribution is 0.0689. The Morgan fingerprint density at radius 2 is 2.17 bits per heavy atom. The van der Waals surface area contributed by atoms with Crippen LogP contribution in [0.2, 0.25) is 0 Å². The lowest BCUT2D eigenvalue weighted by atomic mass is 10.0. The van der Waals surface area contributed by atoms with Crippen molar-refractivity contribution in [3.8, 4) is 5.75 Å². The number of fused-ring (bicyclic) bond motifs is 1. The predicted octanol–water partition coefficient (Wildman–Crippen LogP) is 3.68. The topological polar surface area (TPSA) is 76.3 Å². The standard InChI is InChI=1S/C22H22FN3O4/c23-14-3-5-20(30-16-7-9-29-13-16)17(10-14)18-2-1-8-25(18)15-4-6-21-24-11-19(22(27)28)26(21)12-15/h3-6,10-12,16,18H,1-2,7-9,13H2,(H,27,28)/t16-,18?/m1/s1. The van der Waals surface area contributed by atoms with Gasteiger partial charge in [-0.2, -0.15) is 0 Å². The molecule has 1 unspecified atom stereocenters. The Bertz CT molecular complexity index is 1090. The zero-order chi connectivity index (χ0) is 20.7. The quantitative estimate of drug-likeness (QED) is 0.690. The van der Waals surface area contributed by atoms with Gasteiger partial charge in [-0.15, -0.1) is 0 Å². The molecule has 0 saturated carbocycles. The molecule has 8 heteroatoms. The molecule has 2 aliphatic heterocycles. The Hall–Kier alpha value is -3.13.